The maximum absolute atomic E-state index is 13.0. The number of carbonyl (C=O) groups excluding carboxylic acids is 3. The SMILES string of the molecule is CCCOc1ccc(/C=N\NC(=O)[C@H](C)Oc2ccc(C(=O)Nc3sc4c(c3C(=O)OCC)CCCC4)cc2)cc1. The zero-order valence-corrected chi connectivity index (χ0v) is 24.3. The number of carbonyl (C=O) groups is 3. The van der Waals surface area contributed by atoms with Crippen LogP contribution in [0.2, 0.25) is 0 Å². The highest BCUT2D eigenvalue weighted by molar-refractivity contribution is 7.17. The Hall–Kier alpha value is -4.18. The van der Waals surface area contributed by atoms with Crippen LogP contribution in [0.5, 0.6) is 11.5 Å². The number of aryl methyl sites for hydroxylation is 1. The Morgan fingerprint density at radius 1 is 1.00 bits per heavy atom. The van der Waals surface area contributed by atoms with Crippen LogP contribution in [0, 0.1) is 0 Å². The van der Waals surface area contributed by atoms with E-state index in [-0.39, 0.29) is 12.5 Å². The van der Waals surface area contributed by atoms with E-state index in [1.54, 1.807) is 44.3 Å². The van der Waals surface area contributed by atoms with E-state index in [0.717, 1.165) is 53.9 Å². The predicted molar refractivity (Wildman–Crippen MR) is 159 cm³/mol. The molecule has 0 unspecified atom stereocenters. The van der Waals surface area contributed by atoms with Gasteiger partial charge in [0, 0.05) is 10.4 Å². The summed E-state index contributed by atoms with van der Waals surface area (Å²) in [5.41, 5.74) is 5.15. The van der Waals surface area contributed by atoms with Gasteiger partial charge in [0.25, 0.3) is 11.8 Å². The van der Waals surface area contributed by atoms with Crippen LogP contribution in [0.1, 0.15) is 76.8 Å². The summed E-state index contributed by atoms with van der Waals surface area (Å²) in [5.74, 6) is 0.0437. The Morgan fingerprint density at radius 2 is 1.71 bits per heavy atom. The molecule has 216 valence electrons. The lowest BCUT2D eigenvalue weighted by Crippen LogP contribution is -2.33. The molecule has 3 aromatic rings. The molecular formula is C31H35N3O6S. The molecule has 1 aliphatic carbocycles. The number of rotatable bonds is 12. The Kier molecular flexibility index (Phi) is 10.5. The van der Waals surface area contributed by atoms with E-state index >= 15 is 0 Å². The van der Waals surface area contributed by atoms with Gasteiger partial charge < -0.3 is 19.5 Å². The van der Waals surface area contributed by atoms with Crippen molar-refractivity contribution in [2.24, 2.45) is 5.10 Å². The topological polar surface area (TPSA) is 115 Å². The number of hydrogen-bond donors (Lipinski definition) is 2. The number of nitrogens with zero attached hydrogens (tertiary/aromatic N) is 1. The van der Waals surface area contributed by atoms with Gasteiger partial charge in [0.1, 0.15) is 16.5 Å². The number of amides is 2. The summed E-state index contributed by atoms with van der Waals surface area (Å²) < 4.78 is 16.5. The van der Waals surface area contributed by atoms with E-state index in [1.165, 1.54) is 11.3 Å². The van der Waals surface area contributed by atoms with Crippen molar-refractivity contribution in [2.75, 3.05) is 18.5 Å². The second kappa shape index (κ2) is 14.5. The van der Waals surface area contributed by atoms with Gasteiger partial charge in [0.15, 0.2) is 6.10 Å². The van der Waals surface area contributed by atoms with Crippen molar-refractivity contribution in [3.8, 4) is 11.5 Å². The molecule has 0 saturated carbocycles. The van der Waals surface area contributed by atoms with Crippen molar-refractivity contribution >= 4 is 40.3 Å². The molecule has 0 aliphatic heterocycles. The maximum Gasteiger partial charge on any atom is 0.341 e. The Balaban J connectivity index is 1.31. The summed E-state index contributed by atoms with van der Waals surface area (Å²) in [7, 11) is 0. The fourth-order valence-electron chi connectivity index (χ4n) is 4.32. The molecule has 10 heteroatoms. The van der Waals surface area contributed by atoms with E-state index in [9.17, 15) is 14.4 Å². The summed E-state index contributed by atoms with van der Waals surface area (Å²) >= 11 is 1.44. The highest BCUT2D eigenvalue weighted by atomic mass is 32.1. The number of benzene rings is 2. The fourth-order valence-corrected chi connectivity index (χ4v) is 5.59. The lowest BCUT2D eigenvalue weighted by Gasteiger charge is -2.13. The first-order valence-electron chi connectivity index (χ1n) is 13.8. The van der Waals surface area contributed by atoms with Crippen molar-refractivity contribution in [1.29, 1.82) is 0 Å². The van der Waals surface area contributed by atoms with Crippen molar-refractivity contribution in [3.05, 3.63) is 75.7 Å². The number of esters is 1. The molecule has 2 aromatic carbocycles. The van der Waals surface area contributed by atoms with Crippen LogP contribution < -0.4 is 20.2 Å². The Bertz CT molecular complexity index is 1380. The minimum Gasteiger partial charge on any atom is -0.494 e. The lowest BCUT2D eigenvalue weighted by molar-refractivity contribution is -0.127. The minimum atomic E-state index is -0.818. The summed E-state index contributed by atoms with van der Waals surface area (Å²) in [5, 5.41) is 7.42. The lowest BCUT2D eigenvalue weighted by atomic mass is 9.95. The first kappa shape index (κ1) is 29.8. The van der Waals surface area contributed by atoms with Gasteiger partial charge in [0.2, 0.25) is 0 Å². The first-order valence-corrected chi connectivity index (χ1v) is 14.7. The quantitative estimate of drug-likeness (QED) is 0.161. The van der Waals surface area contributed by atoms with Crippen LogP contribution in [0.15, 0.2) is 53.6 Å². The van der Waals surface area contributed by atoms with Crippen LogP contribution in [-0.4, -0.2) is 43.3 Å². The number of hydrogen-bond acceptors (Lipinski definition) is 8. The van der Waals surface area contributed by atoms with Crippen LogP contribution in [-0.2, 0) is 22.4 Å². The summed E-state index contributed by atoms with van der Waals surface area (Å²) in [6.07, 6.45) is 5.44. The molecule has 9 nitrogen and oxygen atoms in total. The average molecular weight is 578 g/mol. The monoisotopic (exact) mass is 577 g/mol. The summed E-state index contributed by atoms with van der Waals surface area (Å²) in [6.45, 7) is 6.35. The van der Waals surface area contributed by atoms with Gasteiger partial charge in [0.05, 0.1) is 25.0 Å². The van der Waals surface area contributed by atoms with Gasteiger partial charge in [-0.1, -0.05) is 6.92 Å². The van der Waals surface area contributed by atoms with Crippen LogP contribution in [0.4, 0.5) is 5.00 Å². The first-order chi connectivity index (χ1) is 19.9. The number of fused-ring (bicyclic) bond motifs is 1. The molecule has 0 saturated heterocycles. The Morgan fingerprint density at radius 3 is 2.41 bits per heavy atom. The predicted octanol–water partition coefficient (Wildman–Crippen LogP) is 5.76. The van der Waals surface area contributed by atoms with Crippen molar-refractivity contribution < 1.29 is 28.6 Å². The number of ether oxygens (including phenoxy) is 3. The van der Waals surface area contributed by atoms with Crippen molar-refractivity contribution in [2.45, 2.75) is 59.0 Å². The molecule has 0 spiro atoms. The van der Waals surface area contributed by atoms with Gasteiger partial charge in [-0.25, -0.2) is 10.2 Å². The molecule has 1 aliphatic rings. The summed E-state index contributed by atoms with van der Waals surface area (Å²) in [4.78, 5) is 39.3. The fraction of sp³-hybridized carbons (Fsp3) is 0.355. The maximum atomic E-state index is 13.0. The van der Waals surface area contributed by atoms with Gasteiger partial charge in [-0.05, 0) is 106 Å². The molecule has 0 bridgehead atoms. The van der Waals surface area contributed by atoms with E-state index in [2.05, 4.69) is 15.8 Å². The zero-order chi connectivity index (χ0) is 29.2. The number of anilines is 1. The molecule has 4 rings (SSSR count). The third-order valence-corrected chi connectivity index (χ3v) is 7.63. The van der Waals surface area contributed by atoms with Crippen LogP contribution in [0.3, 0.4) is 0 Å². The molecule has 2 N–H and O–H groups in total. The molecule has 1 heterocycles. The largest absolute Gasteiger partial charge is 0.494 e. The van der Waals surface area contributed by atoms with Gasteiger partial charge in [-0.15, -0.1) is 11.3 Å². The zero-order valence-electron chi connectivity index (χ0n) is 23.5. The minimum absolute atomic E-state index is 0.268. The highest BCUT2D eigenvalue weighted by Crippen LogP contribution is 2.38. The Labute approximate surface area is 243 Å². The molecular weight excluding hydrogens is 542 g/mol. The standard InChI is InChI=1S/C31H35N3O6S/c1-4-18-39-23-14-10-21(11-15-23)19-32-34-28(35)20(3)40-24-16-12-22(13-17-24)29(36)33-30-27(31(37)38-5-2)25-8-6-7-9-26(25)41-30/h10-17,19-20H,4-9,18H2,1-3H3,(H,33,36)(H,34,35)/b32-19-/t20-/m0/s1. The second-order valence-corrected chi connectivity index (χ2v) is 10.6. The van der Waals surface area contributed by atoms with Crippen molar-refractivity contribution in [3.63, 3.8) is 0 Å². The second-order valence-electron chi connectivity index (χ2n) is 9.53. The normalized spacial score (nSPS) is 13.2. The van der Waals surface area contributed by atoms with E-state index < -0.39 is 18.0 Å². The van der Waals surface area contributed by atoms with Crippen LogP contribution >= 0.6 is 11.3 Å². The molecule has 1 atom stereocenters. The van der Waals surface area contributed by atoms with Crippen molar-refractivity contribution in [1.82, 2.24) is 5.43 Å². The molecule has 2 amide bonds. The molecule has 1 aromatic heterocycles. The smallest absolute Gasteiger partial charge is 0.341 e. The molecule has 0 radical (unpaired) electrons. The average Bonchev–Trinajstić information content (AvgIpc) is 3.35. The molecule has 41 heavy (non-hydrogen) atoms. The number of hydrazone groups is 1. The van der Waals surface area contributed by atoms with Crippen LogP contribution in [0.25, 0.3) is 0 Å². The van der Waals surface area contributed by atoms with Gasteiger partial charge in [-0.3, -0.25) is 9.59 Å². The summed E-state index contributed by atoms with van der Waals surface area (Å²) in [6, 6.07) is 13.9. The third kappa shape index (κ3) is 7.94. The van der Waals surface area contributed by atoms with Gasteiger partial charge in [-0.2, -0.15) is 5.10 Å². The number of nitrogens with one attached hydrogen (secondary N) is 2. The van der Waals surface area contributed by atoms with E-state index in [0.29, 0.717) is 28.5 Å². The van der Waals surface area contributed by atoms with Gasteiger partial charge >= 0.3 is 5.97 Å². The third-order valence-electron chi connectivity index (χ3n) is 6.42. The van der Waals surface area contributed by atoms with E-state index in [4.69, 9.17) is 14.2 Å². The molecule has 0 fully saturated rings. The highest BCUT2D eigenvalue weighted by Gasteiger charge is 2.27. The number of thiophene rings is 1. The van der Waals surface area contributed by atoms with E-state index in [1.807, 2.05) is 31.2 Å².